The van der Waals surface area contributed by atoms with Crippen LogP contribution in [0.2, 0.25) is 0 Å². The van der Waals surface area contributed by atoms with E-state index < -0.39 is 0 Å². The number of amides is 1. The molecule has 2 aromatic heterocycles. The van der Waals surface area contributed by atoms with E-state index in [2.05, 4.69) is 25.2 Å². The quantitative estimate of drug-likeness (QED) is 0.907. The molecule has 1 aliphatic heterocycles. The summed E-state index contributed by atoms with van der Waals surface area (Å²) in [6.45, 7) is 6.97. The van der Waals surface area contributed by atoms with Gasteiger partial charge in [-0.25, -0.2) is 0 Å². The molecule has 0 saturated heterocycles. The molecule has 1 N–H and O–H groups in total. The monoisotopic (exact) mass is 288 g/mol. The molecule has 0 aromatic carbocycles. The summed E-state index contributed by atoms with van der Waals surface area (Å²) >= 11 is 0. The molecule has 3 rings (SSSR count). The predicted molar refractivity (Wildman–Crippen MR) is 76.6 cm³/mol. The molecule has 0 bridgehead atoms. The number of carbonyl (C=O) groups excluding carboxylic acids is 1. The number of nitrogens with one attached hydrogen (secondary N) is 1. The Balaban J connectivity index is 1.65. The van der Waals surface area contributed by atoms with Crippen LogP contribution < -0.4 is 5.32 Å². The van der Waals surface area contributed by atoms with Crippen LogP contribution in [0.3, 0.4) is 0 Å². The minimum Gasteiger partial charge on any atom is -0.345 e. The fraction of sp³-hybridized carbons (Fsp3) is 0.571. The first kappa shape index (κ1) is 13.8. The summed E-state index contributed by atoms with van der Waals surface area (Å²) in [4.78, 5) is 12.2. The molecule has 1 aliphatic rings. The second kappa shape index (κ2) is 5.31. The van der Waals surface area contributed by atoms with Crippen molar-refractivity contribution in [1.29, 1.82) is 0 Å². The third-order valence-corrected chi connectivity index (χ3v) is 3.80. The summed E-state index contributed by atoms with van der Waals surface area (Å²) in [5.41, 5.74) is 1.90. The van der Waals surface area contributed by atoms with Gasteiger partial charge in [0.25, 0.3) is 0 Å². The van der Waals surface area contributed by atoms with Gasteiger partial charge in [0, 0.05) is 18.7 Å². The Bertz CT molecular complexity index is 671. The largest absolute Gasteiger partial charge is 0.345 e. The molecule has 0 unspecified atom stereocenters. The van der Waals surface area contributed by atoms with E-state index >= 15 is 0 Å². The average molecular weight is 288 g/mol. The van der Waals surface area contributed by atoms with Crippen LogP contribution >= 0.6 is 0 Å². The number of aryl methyl sites for hydroxylation is 3. The number of rotatable bonds is 4. The summed E-state index contributed by atoms with van der Waals surface area (Å²) < 4.78 is 3.82. The highest BCUT2D eigenvalue weighted by molar-refractivity contribution is 5.76. The van der Waals surface area contributed by atoms with Gasteiger partial charge in [-0.3, -0.25) is 9.48 Å². The highest BCUT2D eigenvalue weighted by Crippen LogP contribution is 2.18. The normalized spacial score (nSPS) is 15.0. The Hall–Kier alpha value is -2.18. The van der Waals surface area contributed by atoms with E-state index in [4.69, 9.17) is 0 Å². The molecule has 0 saturated carbocycles. The first-order valence-electron chi connectivity index (χ1n) is 7.27. The van der Waals surface area contributed by atoms with Crippen molar-refractivity contribution >= 4 is 5.91 Å². The summed E-state index contributed by atoms with van der Waals surface area (Å²) in [5.74, 6) is 1.79. The third kappa shape index (κ3) is 2.68. The topological polar surface area (TPSA) is 77.6 Å². The maximum Gasteiger partial charge on any atom is 0.242 e. The van der Waals surface area contributed by atoms with Crippen molar-refractivity contribution < 1.29 is 4.79 Å². The van der Waals surface area contributed by atoms with Crippen molar-refractivity contribution in [1.82, 2.24) is 29.9 Å². The SMILES string of the molecule is Cc1cc(C)n(CC(=O)N[C@@H](C)c2nnc3n2CCC3)n1. The van der Waals surface area contributed by atoms with Crippen molar-refractivity contribution in [3.63, 3.8) is 0 Å². The summed E-state index contributed by atoms with van der Waals surface area (Å²) in [6, 6.07) is 1.82. The van der Waals surface area contributed by atoms with Crippen LogP contribution in [0.1, 0.15) is 42.4 Å². The fourth-order valence-electron chi connectivity index (χ4n) is 2.82. The fourth-order valence-corrected chi connectivity index (χ4v) is 2.82. The van der Waals surface area contributed by atoms with E-state index in [1.165, 1.54) is 0 Å². The highest BCUT2D eigenvalue weighted by Gasteiger charge is 2.22. The minimum absolute atomic E-state index is 0.0657. The van der Waals surface area contributed by atoms with Gasteiger partial charge in [-0.2, -0.15) is 5.10 Å². The second-order valence-corrected chi connectivity index (χ2v) is 5.60. The number of aromatic nitrogens is 5. The van der Waals surface area contributed by atoms with Gasteiger partial charge in [0.15, 0.2) is 5.82 Å². The van der Waals surface area contributed by atoms with E-state index in [-0.39, 0.29) is 18.5 Å². The molecule has 0 fully saturated rings. The zero-order valence-electron chi connectivity index (χ0n) is 12.6. The second-order valence-electron chi connectivity index (χ2n) is 5.60. The lowest BCUT2D eigenvalue weighted by atomic mass is 10.3. The van der Waals surface area contributed by atoms with Gasteiger partial charge in [-0.05, 0) is 33.3 Å². The van der Waals surface area contributed by atoms with Crippen LogP contribution in [0.4, 0.5) is 0 Å². The zero-order chi connectivity index (χ0) is 15.0. The van der Waals surface area contributed by atoms with Crippen LogP contribution in [0.5, 0.6) is 0 Å². The first-order valence-corrected chi connectivity index (χ1v) is 7.27. The Kier molecular flexibility index (Phi) is 3.48. The number of hydrogen-bond donors (Lipinski definition) is 1. The van der Waals surface area contributed by atoms with Crippen molar-refractivity contribution in [3.05, 3.63) is 29.1 Å². The smallest absolute Gasteiger partial charge is 0.242 e. The number of carbonyl (C=O) groups is 1. The van der Waals surface area contributed by atoms with Gasteiger partial charge in [0.2, 0.25) is 5.91 Å². The van der Waals surface area contributed by atoms with Crippen LogP contribution in [0.15, 0.2) is 6.07 Å². The van der Waals surface area contributed by atoms with Gasteiger partial charge < -0.3 is 9.88 Å². The minimum atomic E-state index is -0.145. The van der Waals surface area contributed by atoms with E-state index in [0.717, 1.165) is 42.4 Å². The Morgan fingerprint density at radius 2 is 2.24 bits per heavy atom. The average Bonchev–Trinajstić information content (AvgIpc) is 3.05. The van der Waals surface area contributed by atoms with Crippen molar-refractivity contribution in [2.45, 2.75) is 52.7 Å². The molecule has 21 heavy (non-hydrogen) atoms. The molecule has 7 heteroatoms. The van der Waals surface area contributed by atoms with E-state index in [1.807, 2.05) is 26.8 Å². The lowest BCUT2D eigenvalue weighted by molar-refractivity contribution is -0.122. The summed E-state index contributed by atoms with van der Waals surface area (Å²) in [5, 5.41) is 15.6. The standard InChI is InChI=1S/C14H20N6O/c1-9-7-10(2)20(18-9)8-13(21)15-11(3)14-17-16-12-5-4-6-19(12)14/h7,11H,4-6,8H2,1-3H3,(H,15,21)/t11-/m0/s1. The molecule has 112 valence electrons. The van der Waals surface area contributed by atoms with E-state index in [0.29, 0.717) is 0 Å². The van der Waals surface area contributed by atoms with Crippen LogP contribution in [0, 0.1) is 13.8 Å². The van der Waals surface area contributed by atoms with Crippen LogP contribution in [-0.2, 0) is 24.3 Å². The van der Waals surface area contributed by atoms with Crippen molar-refractivity contribution in [2.24, 2.45) is 0 Å². The van der Waals surface area contributed by atoms with Crippen LogP contribution in [0.25, 0.3) is 0 Å². The number of nitrogens with zero attached hydrogens (tertiary/aromatic N) is 5. The molecule has 0 spiro atoms. The summed E-state index contributed by atoms with van der Waals surface area (Å²) in [7, 11) is 0. The lowest BCUT2D eigenvalue weighted by Crippen LogP contribution is -2.32. The third-order valence-electron chi connectivity index (χ3n) is 3.80. The predicted octanol–water partition coefficient (Wildman–Crippen LogP) is 0.915. The summed E-state index contributed by atoms with van der Waals surface area (Å²) in [6.07, 6.45) is 2.07. The molecule has 2 aromatic rings. The first-order chi connectivity index (χ1) is 10.0. The van der Waals surface area contributed by atoms with Crippen LogP contribution in [-0.4, -0.2) is 30.5 Å². The Morgan fingerprint density at radius 1 is 1.43 bits per heavy atom. The molecular formula is C14H20N6O. The molecular weight excluding hydrogens is 268 g/mol. The van der Waals surface area contributed by atoms with Gasteiger partial charge in [-0.15, -0.1) is 10.2 Å². The molecule has 1 atom stereocenters. The van der Waals surface area contributed by atoms with E-state index in [9.17, 15) is 4.79 Å². The Labute approximate surface area is 123 Å². The lowest BCUT2D eigenvalue weighted by Gasteiger charge is -2.14. The molecule has 3 heterocycles. The van der Waals surface area contributed by atoms with Crippen molar-refractivity contribution in [2.75, 3.05) is 0 Å². The maximum absolute atomic E-state index is 12.2. The molecule has 0 radical (unpaired) electrons. The highest BCUT2D eigenvalue weighted by atomic mass is 16.2. The van der Waals surface area contributed by atoms with Gasteiger partial charge in [0.1, 0.15) is 12.4 Å². The Morgan fingerprint density at radius 3 is 2.95 bits per heavy atom. The zero-order valence-corrected chi connectivity index (χ0v) is 12.6. The molecule has 0 aliphatic carbocycles. The van der Waals surface area contributed by atoms with Gasteiger partial charge >= 0.3 is 0 Å². The number of hydrogen-bond acceptors (Lipinski definition) is 4. The van der Waals surface area contributed by atoms with Gasteiger partial charge in [0.05, 0.1) is 11.7 Å². The molecule has 1 amide bonds. The van der Waals surface area contributed by atoms with E-state index in [1.54, 1.807) is 4.68 Å². The van der Waals surface area contributed by atoms with Gasteiger partial charge in [-0.1, -0.05) is 0 Å². The maximum atomic E-state index is 12.2. The molecule has 7 nitrogen and oxygen atoms in total. The van der Waals surface area contributed by atoms with Crippen molar-refractivity contribution in [3.8, 4) is 0 Å². The number of fused-ring (bicyclic) bond motifs is 1.